The highest BCUT2D eigenvalue weighted by molar-refractivity contribution is 9.10. The lowest BCUT2D eigenvalue weighted by molar-refractivity contribution is 0.0955. The molecule has 0 unspecified atom stereocenters. The van der Waals surface area contributed by atoms with E-state index in [9.17, 15) is 18.3 Å². The molecule has 0 heterocycles. The lowest BCUT2D eigenvalue weighted by Gasteiger charge is -2.10. The third-order valence-corrected chi connectivity index (χ3v) is 6.07. The zero-order valence-electron chi connectivity index (χ0n) is 15.2. The van der Waals surface area contributed by atoms with Crippen LogP contribution in [0.4, 0.5) is 5.69 Å². The van der Waals surface area contributed by atoms with Gasteiger partial charge in [0.2, 0.25) is 0 Å². The second-order valence-corrected chi connectivity index (χ2v) is 9.02. The van der Waals surface area contributed by atoms with Crippen molar-refractivity contribution < 1.29 is 18.3 Å². The van der Waals surface area contributed by atoms with Gasteiger partial charge in [-0.2, -0.15) is 5.10 Å². The summed E-state index contributed by atoms with van der Waals surface area (Å²) < 4.78 is 28.4. The molecule has 0 bridgehead atoms. The molecule has 154 valence electrons. The van der Waals surface area contributed by atoms with Crippen LogP contribution in [-0.4, -0.2) is 25.6 Å². The van der Waals surface area contributed by atoms with Crippen molar-refractivity contribution in [2.24, 2.45) is 5.10 Å². The molecule has 0 saturated carbocycles. The maximum Gasteiger partial charge on any atom is 0.271 e. The molecule has 3 rings (SSSR count). The molecule has 1 amide bonds. The molecule has 0 radical (unpaired) electrons. The molecule has 10 heteroatoms. The van der Waals surface area contributed by atoms with Gasteiger partial charge >= 0.3 is 0 Å². The fourth-order valence-electron chi connectivity index (χ4n) is 2.41. The molecular formula is C20H15BrClN3O4S. The van der Waals surface area contributed by atoms with Crippen LogP contribution < -0.4 is 10.1 Å². The van der Waals surface area contributed by atoms with Crippen molar-refractivity contribution in [3.05, 3.63) is 87.4 Å². The largest absolute Gasteiger partial charge is 0.507 e. The van der Waals surface area contributed by atoms with Crippen molar-refractivity contribution in [1.29, 1.82) is 0 Å². The zero-order valence-corrected chi connectivity index (χ0v) is 18.4. The minimum atomic E-state index is -3.96. The van der Waals surface area contributed by atoms with E-state index in [2.05, 4.69) is 31.2 Å². The predicted molar refractivity (Wildman–Crippen MR) is 120 cm³/mol. The number of hydrogen-bond acceptors (Lipinski definition) is 5. The first-order valence-corrected chi connectivity index (χ1v) is 11.1. The number of sulfonamides is 1. The third kappa shape index (κ3) is 5.38. The molecule has 3 N–H and O–H groups in total. The minimum absolute atomic E-state index is 0.00469. The Bertz CT molecular complexity index is 1230. The summed E-state index contributed by atoms with van der Waals surface area (Å²) in [6, 6.07) is 16.7. The molecule has 0 aliphatic rings. The molecule has 3 aromatic carbocycles. The van der Waals surface area contributed by atoms with Crippen LogP contribution in [0.3, 0.4) is 0 Å². The Morgan fingerprint density at radius 1 is 1.07 bits per heavy atom. The molecule has 0 atom stereocenters. The van der Waals surface area contributed by atoms with Crippen LogP contribution in [0.15, 0.2) is 81.2 Å². The van der Waals surface area contributed by atoms with E-state index in [0.717, 1.165) is 4.47 Å². The van der Waals surface area contributed by atoms with Gasteiger partial charge in [0.15, 0.2) is 0 Å². The Labute approximate surface area is 186 Å². The van der Waals surface area contributed by atoms with Crippen molar-refractivity contribution in [2.45, 2.75) is 4.90 Å². The number of phenolic OH excluding ortho intramolecular Hbond substituents is 1. The number of nitrogens with one attached hydrogen (secondary N) is 2. The Hall–Kier alpha value is -2.88. The highest BCUT2D eigenvalue weighted by atomic mass is 79.9. The quantitative estimate of drug-likeness (QED) is 0.339. The van der Waals surface area contributed by atoms with Crippen molar-refractivity contribution in [3.8, 4) is 5.75 Å². The maximum atomic E-state index is 12.6. The monoisotopic (exact) mass is 507 g/mol. The number of rotatable bonds is 6. The minimum Gasteiger partial charge on any atom is -0.507 e. The second-order valence-electron chi connectivity index (χ2n) is 6.02. The van der Waals surface area contributed by atoms with Crippen molar-refractivity contribution in [3.63, 3.8) is 0 Å². The van der Waals surface area contributed by atoms with E-state index in [4.69, 9.17) is 11.6 Å². The number of hydrazone groups is 1. The number of carbonyl (C=O) groups is 1. The fourth-order valence-corrected chi connectivity index (χ4v) is 4.15. The maximum absolute atomic E-state index is 12.6. The van der Waals surface area contributed by atoms with E-state index in [0.29, 0.717) is 5.56 Å². The van der Waals surface area contributed by atoms with Crippen LogP contribution in [-0.2, 0) is 10.0 Å². The highest BCUT2D eigenvalue weighted by Gasteiger charge is 2.17. The van der Waals surface area contributed by atoms with Crippen molar-refractivity contribution in [2.75, 3.05) is 4.72 Å². The van der Waals surface area contributed by atoms with Crippen molar-refractivity contribution in [1.82, 2.24) is 5.43 Å². The van der Waals surface area contributed by atoms with Gasteiger partial charge in [0.1, 0.15) is 5.75 Å². The Balaban J connectivity index is 1.76. The van der Waals surface area contributed by atoms with E-state index in [1.54, 1.807) is 30.3 Å². The zero-order chi connectivity index (χ0) is 21.7. The fraction of sp³-hybridized carbons (Fsp3) is 0. The predicted octanol–water partition coefficient (Wildman–Crippen LogP) is 4.37. The van der Waals surface area contributed by atoms with Gasteiger partial charge in [0.05, 0.1) is 21.8 Å². The first-order valence-electron chi connectivity index (χ1n) is 8.45. The molecule has 0 saturated heterocycles. The highest BCUT2D eigenvalue weighted by Crippen LogP contribution is 2.24. The van der Waals surface area contributed by atoms with Crippen LogP contribution in [0.2, 0.25) is 5.02 Å². The first-order chi connectivity index (χ1) is 14.3. The summed E-state index contributed by atoms with van der Waals surface area (Å²) in [4.78, 5) is 12.2. The van der Waals surface area contributed by atoms with Crippen LogP contribution >= 0.6 is 27.5 Å². The number of halogens is 2. The van der Waals surface area contributed by atoms with E-state index in [-0.39, 0.29) is 26.9 Å². The summed E-state index contributed by atoms with van der Waals surface area (Å²) in [5.74, 6) is -0.620. The topological polar surface area (TPSA) is 108 Å². The molecular weight excluding hydrogens is 494 g/mol. The molecule has 0 aliphatic carbocycles. The molecule has 30 heavy (non-hydrogen) atoms. The van der Waals surface area contributed by atoms with Gasteiger partial charge in [-0.05, 0) is 48.5 Å². The molecule has 7 nitrogen and oxygen atoms in total. The molecule has 0 aromatic heterocycles. The second kappa shape index (κ2) is 9.29. The number of anilines is 1. The molecule has 3 aromatic rings. The average Bonchev–Trinajstić information content (AvgIpc) is 2.72. The van der Waals surface area contributed by atoms with Gasteiger partial charge < -0.3 is 5.11 Å². The summed E-state index contributed by atoms with van der Waals surface area (Å²) in [6.45, 7) is 0. The number of benzene rings is 3. The van der Waals surface area contributed by atoms with E-state index in [1.807, 2.05) is 0 Å². The van der Waals surface area contributed by atoms with E-state index >= 15 is 0 Å². The first kappa shape index (κ1) is 21.8. The number of aromatic hydroxyl groups is 1. The summed E-state index contributed by atoms with van der Waals surface area (Å²) in [5, 5.41) is 13.8. The lowest BCUT2D eigenvalue weighted by atomic mass is 10.2. The molecule has 0 spiro atoms. The van der Waals surface area contributed by atoms with Gasteiger partial charge in [-0.3, -0.25) is 9.52 Å². The summed E-state index contributed by atoms with van der Waals surface area (Å²) in [5.41, 5.74) is 3.01. The summed E-state index contributed by atoms with van der Waals surface area (Å²) in [7, 11) is -3.96. The summed E-state index contributed by atoms with van der Waals surface area (Å²) >= 11 is 9.28. The molecule has 0 aliphatic heterocycles. The summed E-state index contributed by atoms with van der Waals surface area (Å²) in [6.07, 6.45) is 1.28. The smallest absolute Gasteiger partial charge is 0.271 e. The Kier molecular flexibility index (Phi) is 6.76. The van der Waals surface area contributed by atoms with E-state index in [1.165, 1.54) is 42.6 Å². The van der Waals surface area contributed by atoms with Gasteiger partial charge in [-0.1, -0.05) is 45.7 Å². The average molecular weight is 509 g/mol. The Morgan fingerprint density at radius 3 is 2.60 bits per heavy atom. The third-order valence-electron chi connectivity index (χ3n) is 3.88. The van der Waals surface area contributed by atoms with Gasteiger partial charge in [-0.15, -0.1) is 0 Å². The Morgan fingerprint density at radius 2 is 1.83 bits per heavy atom. The lowest BCUT2D eigenvalue weighted by Crippen LogP contribution is -2.19. The number of nitrogens with zero attached hydrogens (tertiary/aromatic N) is 1. The van der Waals surface area contributed by atoms with Crippen LogP contribution in [0.25, 0.3) is 0 Å². The van der Waals surface area contributed by atoms with Crippen LogP contribution in [0, 0.1) is 0 Å². The van der Waals surface area contributed by atoms with Gasteiger partial charge in [0, 0.05) is 15.6 Å². The van der Waals surface area contributed by atoms with Crippen molar-refractivity contribution >= 4 is 55.4 Å². The van der Waals surface area contributed by atoms with Gasteiger partial charge in [-0.25, -0.2) is 13.8 Å². The standard InChI is InChI=1S/C20H15BrClN3O4S/c21-15-8-9-19(26)14(10-15)12-23-24-20(27)13-4-3-5-16(11-13)30(28,29)25-18-7-2-1-6-17(18)22/h1-12,25-26H,(H,24,27)/b23-12+. The number of phenols is 1. The van der Waals surface area contributed by atoms with Gasteiger partial charge in [0.25, 0.3) is 15.9 Å². The van der Waals surface area contributed by atoms with Crippen LogP contribution in [0.5, 0.6) is 5.75 Å². The van der Waals surface area contributed by atoms with Crippen LogP contribution in [0.1, 0.15) is 15.9 Å². The number of hydrogen-bond donors (Lipinski definition) is 3. The van der Waals surface area contributed by atoms with E-state index < -0.39 is 15.9 Å². The number of carbonyl (C=O) groups excluding carboxylic acids is 1. The normalized spacial score (nSPS) is 11.4. The SMILES string of the molecule is O=C(N/N=C/c1cc(Br)ccc1O)c1cccc(S(=O)(=O)Nc2ccccc2Cl)c1. The molecule has 0 fully saturated rings. The number of para-hydroxylation sites is 1. The number of amides is 1.